The van der Waals surface area contributed by atoms with Crippen molar-refractivity contribution in [1.82, 2.24) is 15.0 Å². The number of para-hydroxylation sites is 2. The van der Waals surface area contributed by atoms with E-state index in [1.54, 1.807) is 24.3 Å². The van der Waals surface area contributed by atoms with Gasteiger partial charge in [-0.3, -0.25) is 0 Å². The van der Waals surface area contributed by atoms with Gasteiger partial charge in [0, 0.05) is 33.3 Å². The van der Waals surface area contributed by atoms with Crippen LogP contribution in [0.4, 0.5) is 4.39 Å². The molecule has 5 aromatic rings. The van der Waals surface area contributed by atoms with Gasteiger partial charge >= 0.3 is 0 Å². The summed E-state index contributed by atoms with van der Waals surface area (Å²) in [6.45, 7) is 0.0735. The number of imidazole rings is 1. The number of H-pyrrole nitrogens is 1. The molecule has 0 amide bonds. The molecule has 2 aromatic heterocycles. The smallest absolute Gasteiger partial charge is 0.157 e. The molecule has 0 aliphatic carbocycles. The van der Waals surface area contributed by atoms with Gasteiger partial charge in [-0.15, -0.1) is 12.4 Å². The maximum Gasteiger partial charge on any atom is 0.157 e. The molecule has 0 aliphatic rings. The molecule has 0 radical (unpaired) electrons. The molecule has 0 aliphatic heterocycles. The summed E-state index contributed by atoms with van der Waals surface area (Å²) >= 11 is 12.1. The largest absolute Gasteiger partial charge is 0.489 e. The summed E-state index contributed by atoms with van der Waals surface area (Å²) in [6, 6.07) is 23.6. The molecule has 0 bridgehead atoms. The van der Waals surface area contributed by atoms with Crippen LogP contribution in [0, 0.1) is 5.82 Å². The van der Waals surface area contributed by atoms with Crippen molar-refractivity contribution in [2.24, 2.45) is 0 Å². The van der Waals surface area contributed by atoms with Crippen molar-refractivity contribution in [3.05, 3.63) is 112 Å². The second-order valence-corrected chi connectivity index (χ2v) is 8.44. The predicted octanol–water partition coefficient (Wildman–Crippen LogP) is 7.66. The minimum atomic E-state index is -0.404. The fourth-order valence-electron chi connectivity index (χ4n) is 3.60. The number of hydrogen-bond acceptors (Lipinski definition) is 3. The highest BCUT2D eigenvalue weighted by Gasteiger charge is 2.12. The highest BCUT2D eigenvalue weighted by Crippen LogP contribution is 2.27. The summed E-state index contributed by atoms with van der Waals surface area (Å²) in [5.74, 6) is 0.918. The monoisotopic (exact) mass is 513 g/mol. The lowest BCUT2D eigenvalue weighted by molar-refractivity contribution is 0.297. The van der Waals surface area contributed by atoms with Gasteiger partial charge in [0.05, 0.1) is 11.0 Å². The molecule has 34 heavy (non-hydrogen) atoms. The number of fused-ring (bicyclic) bond motifs is 1. The molecule has 0 spiro atoms. The predicted molar refractivity (Wildman–Crippen MR) is 137 cm³/mol. The summed E-state index contributed by atoms with van der Waals surface area (Å²) in [4.78, 5) is 12.7. The molecule has 0 saturated heterocycles. The third kappa shape index (κ3) is 5.33. The first-order valence-corrected chi connectivity index (χ1v) is 11.1. The molecule has 4 nitrogen and oxygen atoms in total. The minimum absolute atomic E-state index is 0. The molecule has 0 saturated carbocycles. The van der Waals surface area contributed by atoms with Crippen LogP contribution in [-0.4, -0.2) is 15.0 Å². The number of hydrogen-bond donors (Lipinski definition) is 1. The third-order valence-electron chi connectivity index (χ3n) is 5.23. The van der Waals surface area contributed by atoms with E-state index in [4.69, 9.17) is 32.9 Å². The van der Waals surface area contributed by atoms with Crippen LogP contribution in [0.15, 0.2) is 78.9 Å². The van der Waals surface area contributed by atoms with E-state index >= 15 is 0 Å². The zero-order valence-corrected chi connectivity index (χ0v) is 20.1. The minimum Gasteiger partial charge on any atom is -0.489 e. The van der Waals surface area contributed by atoms with E-state index in [9.17, 15) is 4.39 Å². The number of aromatic amines is 1. The molecule has 0 fully saturated rings. The summed E-state index contributed by atoms with van der Waals surface area (Å²) in [7, 11) is 0. The Morgan fingerprint density at radius 1 is 0.824 bits per heavy atom. The lowest BCUT2D eigenvalue weighted by atomic mass is 10.1. The fourth-order valence-corrected chi connectivity index (χ4v) is 3.95. The van der Waals surface area contributed by atoms with E-state index in [1.165, 1.54) is 6.07 Å². The zero-order chi connectivity index (χ0) is 22.8. The Labute approximate surface area is 212 Å². The van der Waals surface area contributed by atoms with Crippen LogP contribution in [0.1, 0.15) is 16.8 Å². The van der Waals surface area contributed by atoms with Gasteiger partial charge in [0.2, 0.25) is 0 Å². The molecule has 0 atom stereocenters. The maximum atomic E-state index is 14.1. The van der Waals surface area contributed by atoms with Crippen molar-refractivity contribution < 1.29 is 9.13 Å². The zero-order valence-electron chi connectivity index (χ0n) is 17.8. The Kier molecular flexibility index (Phi) is 7.37. The molecule has 1 N–H and O–H groups in total. The standard InChI is InChI=1S/C26H18Cl2FN3O.ClH/c27-18-10-11-25(33-15-16-8-9-19(28)14-21(16)29)17(12-18)13-20-4-3-7-24(30-20)26-31-22-5-1-2-6-23(22)32-26;/h1-12,14H,13,15H2,(H,31,32);1H. The number of halogens is 4. The molecule has 172 valence electrons. The number of benzene rings is 3. The third-order valence-corrected chi connectivity index (χ3v) is 5.70. The number of ether oxygens (including phenoxy) is 1. The Morgan fingerprint density at radius 3 is 2.44 bits per heavy atom. The SMILES string of the molecule is Cl.Fc1cc(Cl)ccc1COc1ccc(Cl)cc1Cc1cccc(-c2nc3ccccc3[nH]2)n1. The molecular weight excluding hydrogens is 496 g/mol. The van der Waals surface area contributed by atoms with Gasteiger partial charge in [-0.05, 0) is 54.6 Å². The van der Waals surface area contributed by atoms with Gasteiger partial charge in [0.25, 0.3) is 0 Å². The summed E-state index contributed by atoms with van der Waals surface area (Å²) in [5.41, 5.74) is 4.70. The van der Waals surface area contributed by atoms with E-state index in [-0.39, 0.29) is 19.0 Å². The number of pyridine rings is 1. The van der Waals surface area contributed by atoms with Gasteiger partial charge in [0.1, 0.15) is 23.9 Å². The Hall–Kier alpha value is -3.12. The van der Waals surface area contributed by atoms with Gasteiger partial charge in [-0.25, -0.2) is 14.4 Å². The van der Waals surface area contributed by atoms with Crippen LogP contribution in [0.5, 0.6) is 5.75 Å². The summed E-state index contributed by atoms with van der Waals surface area (Å²) in [6.07, 6.45) is 0.493. The second-order valence-electron chi connectivity index (χ2n) is 7.57. The highest BCUT2D eigenvalue weighted by molar-refractivity contribution is 6.30. The van der Waals surface area contributed by atoms with Crippen LogP contribution in [-0.2, 0) is 13.0 Å². The van der Waals surface area contributed by atoms with Crippen molar-refractivity contribution >= 4 is 46.6 Å². The molecule has 2 heterocycles. The van der Waals surface area contributed by atoms with E-state index in [2.05, 4.69) is 9.97 Å². The van der Waals surface area contributed by atoms with Crippen LogP contribution in [0.2, 0.25) is 10.0 Å². The second kappa shape index (κ2) is 10.4. The number of rotatable bonds is 6. The van der Waals surface area contributed by atoms with Crippen LogP contribution >= 0.6 is 35.6 Å². The van der Waals surface area contributed by atoms with Crippen molar-refractivity contribution in [2.45, 2.75) is 13.0 Å². The normalized spacial score (nSPS) is 10.8. The quantitative estimate of drug-likeness (QED) is 0.253. The van der Waals surface area contributed by atoms with E-state index < -0.39 is 5.82 Å². The Balaban J connectivity index is 0.00000274. The van der Waals surface area contributed by atoms with Crippen molar-refractivity contribution in [3.63, 3.8) is 0 Å². The molecular formula is C26H19Cl3FN3O. The van der Waals surface area contributed by atoms with Crippen molar-refractivity contribution in [1.29, 1.82) is 0 Å². The first kappa shape index (κ1) is 24.0. The van der Waals surface area contributed by atoms with E-state index in [1.807, 2.05) is 48.5 Å². The molecule has 8 heteroatoms. The number of aromatic nitrogens is 3. The summed E-state index contributed by atoms with van der Waals surface area (Å²) in [5, 5.41) is 0.933. The highest BCUT2D eigenvalue weighted by atomic mass is 35.5. The van der Waals surface area contributed by atoms with Gasteiger partial charge < -0.3 is 9.72 Å². The van der Waals surface area contributed by atoms with E-state index in [0.717, 1.165) is 28.0 Å². The molecule has 5 rings (SSSR count). The van der Waals surface area contributed by atoms with Crippen LogP contribution in [0.3, 0.4) is 0 Å². The van der Waals surface area contributed by atoms with Crippen LogP contribution < -0.4 is 4.74 Å². The Bertz CT molecular complexity index is 1420. The van der Waals surface area contributed by atoms with Crippen molar-refractivity contribution in [3.8, 4) is 17.3 Å². The van der Waals surface area contributed by atoms with Crippen LogP contribution in [0.25, 0.3) is 22.6 Å². The first-order valence-electron chi connectivity index (χ1n) is 10.3. The fraction of sp³-hybridized carbons (Fsp3) is 0.0769. The topological polar surface area (TPSA) is 50.8 Å². The first-order chi connectivity index (χ1) is 16.0. The number of nitrogens with zero attached hydrogens (tertiary/aromatic N) is 2. The lowest BCUT2D eigenvalue weighted by Gasteiger charge is -2.13. The van der Waals surface area contributed by atoms with Crippen molar-refractivity contribution in [2.75, 3.05) is 0 Å². The molecule has 3 aromatic carbocycles. The summed E-state index contributed by atoms with van der Waals surface area (Å²) < 4.78 is 20.1. The number of nitrogens with one attached hydrogen (secondary N) is 1. The maximum absolute atomic E-state index is 14.1. The average Bonchev–Trinajstić information content (AvgIpc) is 3.24. The van der Waals surface area contributed by atoms with Gasteiger partial charge in [0.15, 0.2) is 5.82 Å². The van der Waals surface area contributed by atoms with Gasteiger partial charge in [-0.2, -0.15) is 0 Å². The van der Waals surface area contributed by atoms with Gasteiger partial charge in [-0.1, -0.05) is 47.5 Å². The Morgan fingerprint density at radius 2 is 1.62 bits per heavy atom. The van der Waals surface area contributed by atoms with E-state index in [0.29, 0.717) is 33.6 Å². The lowest BCUT2D eigenvalue weighted by Crippen LogP contribution is -2.02. The molecule has 0 unspecified atom stereocenters. The average molecular weight is 515 g/mol.